The molecule has 1 atom stereocenters. The molecule has 0 aromatic heterocycles. The highest BCUT2D eigenvalue weighted by Crippen LogP contribution is 2.14. The Morgan fingerprint density at radius 1 is 1.21 bits per heavy atom. The fraction of sp³-hybridized carbons (Fsp3) is 1.00. The van der Waals surface area contributed by atoms with E-state index < -0.39 is 0 Å². The molecule has 0 aromatic carbocycles. The average Bonchev–Trinajstić information content (AvgIpc) is 2.29. The minimum Gasteiger partial charge on any atom is -0.381 e. The molecule has 2 aliphatic rings. The first-order valence-corrected chi connectivity index (χ1v) is 5.97. The first kappa shape index (κ1) is 10.4. The van der Waals surface area contributed by atoms with Gasteiger partial charge in [0.1, 0.15) is 0 Å². The van der Waals surface area contributed by atoms with Crippen molar-refractivity contribution in [2.45, 2.75) is 31.7 Å². The molecule has 2 N–H and O–H groups in total. The van der Waals surface area contributed by atoms with Crippen LogP contribution >= 0.6 is 0 Å². The second kappa shape index (κ2) is 5.69. The van der Waals surface area contributed by atoms with Crippen LogP contribution in [0.25, 0.3) is 0 Å². The van der Waals surface area contributed by atoms with Crippen molar-refractivity contribution in [3.63, 3.8) is 0 Å². The maximum absolute atomic E-state index is 5.35. The largest absolute Gasteiger partial charge is 0.381 e. The molecule has 2 fully saturated rings. The SMILES string of the molecule is C1CNCC(NCC2CCOCC2)C1. The first-order valence-electron chi connectivity index (χ1n) is 5.97. The molecule has 0 radical (unpaired) electrons. The van der Waals surface area contributed by atoms with E-state index in [9.17, 15) is 0 Å². The molecular formula is C11H22N2O. The predicted octanol–water partition coefficient (Wildman–Crippen LogP) is 0.755. The third-order valence-corrected chi connectivity index (χ3v) is 3.33. The molecule has 0 spiro atoms. The molecule has 0 bridgehead atoms. The van der Waals surface area contributed by atoms with Crippen LogP contribution in [0.2, 0.25) is 0 Å². The highest BCUT2D eigenvalue weighted by molar-refractivity contribution is 4.77. The molecule has 2 aliphatic heterocycles. The smallest absolute Gasteiger partial charge is 0.0469 e. The van der Waals surface area contributed by atoms with Gasteiger partial charge in [-0.25, -0.2) is 0 Å². The third-order valence-electron chi connectivity index (χ3n) is 3.33. The lowest BCUT2D eigenvalue weighted by molar-refractivity contribution is 0.0651. The van der Waals surface area contributed by atoms with Crippen LogP contribution in [0.1, 0.15) is 25.7 Å². The van der Waals surface area contributed by atoms with Crippen molar-refractivity contribution in [2.24, 2.45) is 5.92 Å². The topological polar surface area (TPSA) is 33.3 Å². The Labute approximate surface area is 86.6 Å². The number of hydrogen-bond donors (Lipinski definition) is 2. The second-order valence-corrected chi connectivity index (χ2v) is 4.51. The Balaban J connectivity index is 1.60. The number of piperidine rings is 1. The summed E-state index contributed by atoms with van der Waals surface area (Å²) >= 11 is 0. The first-order chi connectivity index (χ1) is 6.95. The van der Waals surface area contributed by atoms with Crippen LogP contribution < -0.4 is 10.6 Å². The quantitative estimate of drug-likeness (QED) is 0.702. The lowest BCUT2D eigenvalue weighted by Crippen LogP contribution is -2.45. The Morgan fingerprint density at radius 3 is 2.79 bits per heavy atom. The summed E-state index contributed by atoms with van der Waals surface area (Å²) in [5.74, 6) is 0.852. The van der Waals surface area contributed by atoms with Crippen LogP contribution in [0.15, 0.2) is 0 Å². The Morgan fingerprint density at radius 2 is 2.07 bits per heavy atom. The van der Waals surface area contributed by atoms with Gasteiger partial charge < -0.3 is 15.4 Å². The van der Waals surface area contributed by atoms with Crippen molar-refractivity contribution in [3.05, 3.63) is 0 Å². The van der Waals surface area contributed by atoms with Gasteiger partial charge in [0.05, 0.1) is 0 Å². The van der Waals surface area contributed by atoms with Crippen molar-refractivity contribution >= 4 is 0 Å². The zero-order valence-electron chi connectivity index (χ0n) is 8.93. The number of nitrogens with one attached hydrogen (secondary N) is 2. The highest BCUT2D eigenvalue weighted by atomic mass is 16.5. The van der Waals surface area contributed by atoms with Crippen molar-refractivity contribution in [2.75, 3.05) is 32.8 Å². The van der Waals surface area contributed by atoms with Crippen LogP contribution in [-0.4, -0.2) is 38.9 Å². The van der Waals surface area contributed by atoms with Crippen LogP contribution in [0.4, 0.5) is 0 Å². The standard InChI is InChI=1S/C11H22N2O/c1-2-11(9-12-5-1)13-8-10-3-6-14-7-4-10/h10-13H,1-9H2. The van der Waals surface area contributed by atoms with E-state index in [0.717, 1.165) is 25.7 Å². The highest BCUT2D eigenvalue weighted by Gasteiger charge is 2.17. The van der Waals surface area contributed by atoms with Crippen molar-refractivity contribution in [3.8, 4) is 0 Å². The third kappa shape index (κ3) is 3.23. The van der Waals surface area contributed by atoms with E-state index in [1.54, 1.807) is 0 Å². The second-order valence-electron chi connectivity index (χ2n) is 4.51. The Hall–Kier alpha value is -0.120. The summed E-state index contributed by atoms with van der Waals surface area (Å²) in [7, 11) is 0. The average molecular weight is 198 g/mol. The molecule has 0 amide bonds. The molecule has 0 aliphatic carbocycles. The van der Waals surface area contributed by atoms with Gasteiger partial charge in [-0.1, -0.05) is 0 Å². The zero-order valence-corrected chi connectivity index (χ0v) is 8.93. The monoisotopic (exact) mass is 198 g/mol. The molecule has 2 rings (SSSR count). The Bertz CT molecular complexity index is 133. The molecule has 0 saturated carbocycles. The number of rotatable bonds is 3. The lowest BCUT2D eigenvalue weighted by atomic mass is 9.99. The van der Waals surface area contributed by atoms with Gasteiger partial charge in [-0.05, 0) is 44.7 Å². The van der Waals surface area contributed by atoms with Gasteiger partial charge >= 0.3 is 0 Å². The van der Waals surface area contributed by atoms with Crippen molar-refractivity contribution in [1.82, 2.24) is 10.6 Å². The minimum absolute atomic E-state index is 0.714. The molecule has 3 heteroatoms. The van der Waals surface area contributed by atoms with Crippen LogP contribution in [0.5, 0.6) is 0 Å². The van der Waals surface area contributed by atoms with Gasteiger partial charge in [-0.3, -0.25) is 0 Å². The Kier molecular flexibility index (Phi) is 4.22. The van der Waals surface area contributed by atoms with Gasteiger partial charge in [0.25, 0.3) is 0 Å². The molecule has 82 valence electrons. The molecule has 14 heavy (non-hydrogen) atoms. The summed E-state index contributed by atoms with van der Waals surface area (Å²) in [6, 6.07) is 0.714. The van der Waals surface area contributed by atoms with E-state index in [0.29, 0.717) is 6.04 Å². The summed E-state index contributed by atoms with van der Waals surface area (Å²) in [4.78, 5) is 0. The summed E-state index contributed by atoms with van der Waals surface area (Å²) in [6.07, 6.45) is 5.15. The van der Waals surface area contributed by atoms with E-state index in [1.165, 1.54) is 38.8 Å². The maximum Gasteiger partial charge on any atom is 0.0469 e. The van der Waals surface area contributed by atoms with Gasteiger partial charge in [0, 0.05) is 25.8 Å². The number of ether oxygens (including phenoxy) is 1. The molecule has 1 unspecified atom stereocenters. The maximum atomic E-state index is 5.35. The van der Waals surface area contributed by atoms with E-state index in [4.69, 9.17) is 4.74 Å². The van der Waals surface area contributed by atoms with Crippen LogP contribution in [0, 0.1) is 5.92 Å². The normalized spacial score (nSPS) is 30.4. The van der Waals surface area contributed by atoms with Gasteiger partial charge in [0.15, 0.2) is 0 Å². The van der Waals surface area contributed by atoms with Crippen LogP contribution in [-0.2, 0) is 4.74 Å². The predicted molar refractivity (Wildman–Crippen MR) is 57.4 cm³/mol. The molecule has 3 nitrogen and oxygen atoms in total. The molecular weight excluding hydrogens is 176 g/mol. The molecule has 2 heterocycles. The van der Waals surface area contributed by atoms with E-state index in [2.05, 4.69) is 10.6 Å². The summed E-state index contributed by atoms with van der Waals surface area (Å²) < 4.78 is 5.35. The summed E-state index contributed by atoms with van der Waals surface area (Å²) in [5.41, 5.74) is 0. The van der Waals surface area contributed by atoms with Gasteiger partial charge in [0.2, 0.25) is 0 Å². The van der Waals surface area contributed by atoms with E-state index in [1.807, 2.05) is 0 Å². The minimum atomic E-state index is 0.714. The van der Waals surface area contributed by atoms with E-state index in [-0.39, 0.29) is 0 Å². The van der Waals surface area contributed by atoms with Gasteiger partial charge in [-0.2, -0.15) is 0 Å². The number of hydrogen-bond acceptors (Lipinski definition) is 3. The van der Waals surface area contributed by atoms with Crippen LogP contribution in [0.3, 0.4) is 0 Å². The summed E-state index contributed by atoms with van der Waals surface area (Å²) in [5, 5.41) is 7.11. The van der Waals surface area contributed by atoms with Crippen molar-refractivity contribution < 1.29 is 4.74 Å². The van der Waals surface area contributed by atoms with E-state index >= 15 is 0 Å². The lowest BCUT2D eigenvalue weighted by Gasteiger charge is -2.28. The fourth-order valence-corrected chi connectivity index (χ4v) is 2.31. The zero-order chi connectivity index (χ0) is 9.64. The van der Waals surface area contributed by atoms with Crippen molar-refractivity contribution in [1.29, 1.82) is 0 Å². The molecule has 2 saturated heterocycles. The molecule has 0 aromatic rings. The fourth-order valence-electron chi connectivity index (χ4n) is 2.31. The summed E-state index contributed by atoms with van der Waals surface area (Å²) in [6.45, 7) is 5.49. The van der Waals surface area contributed by atoms with Gasteiger partial charge in [-0.15, -0.1) is 0 Å².